The SMILES string of the molecule is O=C(Cc1ccc2ccccc2c1)NCC(N1CCNCC1)C(F)(F)F. The lowest BCUT2D eigenvalue weighted by molar-refractivity contribution is -0.184. The average Bonchev–Trinajstić information content (AvgIpc) is 2.61. The van der Waals surface area contributed by atoms with Gasteiger partial charge >= 0.3 is 6.18 Å². The zero-order chi connectivity index (χ0) is 18.6. The molecule has 1 heterocycles. The first-order valence-corrected chi connectivity index (χ1v) is 8.69. The Morgan fingerprint density at radius 1 is 1.12 bits per heavy atom. The van der Waals surface area contributed by atoms with Gasteiger partial charge in [-0.05, 0) is 16.3 Å². The number of carbonyl (C=O) groups excluding carboxylic acids is 1. The lowest BCUT2D eigenvalue weighted by Crippen LogP contribution is -2.57. The van der Waals surface area contributed by atoms with Crippen LogP contribution >= 0.6 is 0 Å². The summed E-state index contributed by atoms with van der Waals surface area (Å²) in [5, 5.41) is 7.57. The first kappa shape index (κ1) is 18.7. The molecule has 0 aliphatic carbocycles. The van der Waals surface area contributed by atoms with Crippen molar-refractivity contribution in [1.82, 2.24) is 15.5 Å². The van der Waals surface area contributed by atoms with Crippen LogP contribution in [0.5, 0.6) is 0 Å². The van der Waals surface area contributed by atoms with Gasteiger partial charge in [0.05, 0.1) is 6.42 Å². The van der Waals surface area contributed by atoms with Gasteiger partial charge in [0.2, 0.25) is 5.91 Å². The highest BCUT2D eigenvalue weighted by atomic mass is 19.4. The van der Waals surface area contributed by atoms with Crippen molar-refractivity contribution in [2.45, 2.75) is 18.6 Å². The first-order chi connectivity index (χ1) is 12.4. The summed E-state index contributed by atoms with van der Waals surface area (Å²) in [6.07, 6.45) is -4.30. The van der Waals surface area contributed by atoms with Crippen molar-refractivity contribution in [2.24, 2.45) is 0 Å². The number of amides is 1. The van der Waals surface area contributed by atoms with Crippen molar-refractivity contribution in [1.29, 1.82) is 0 Å². The Kier molecular flexibility index (Phi) is 5.78. The van der Waals surface area contributed by atoms with Crippen LogP contribution in [0.2, 0.25) is 0 Å². The number of halogens is 3. The Morgan fingerprint density at radius 3 is 2.50 bits per heavy atom. The Morgan fingerprint density at radius 2 is 1.81 bits per heavy atom. The van der Waals surface area contributed by atoms with Crippen molar-refractivity contribution in [3.05, 3.63) is 48.0 Å². The summed E-state index contributed by atoms with van der Waals surface area (Å²) >= 11 is 0. The maximum absolute atomic E-state index is 13.3. The molecule has 7 heteroatoms. The van der Waals surface area contributed by atoms with Crippen molar-refractivity contribution in [3.8, 4) is 0 Å². The minimum absolute atomic E-state index is 0.0664. The van der Waals surface area contributed by atoms with Crippen LogP contribution in [0.25, 0.3) is 10.8 Å². The Balaban J connectivity index is 1.60. The van der Waals surface area contributed by atoms with Crippen molar-refractivity contribution >= 4 is 16.7 Å². The normalized spacial score (nSPS) is 17.2. The summed E-state index contributed by atoms with van der Waals surface area (Å²) < 4.78 is 40.0. The summed E-state index contributed by atoms with van der Waals surface area (Å²) in [6.45, 7) is 1.28. The van der Waals surface area contributed by atoms with Crippen LogP contribution in [0.1, 0.15) is 5.56 Å². The summed E-state index contributed by atoms with van der Waals surface area (Å²) in [5.41, 5.74) is 0.784. The second kappa shape index (κ2) is 8.05. The van der Waals surface area contributed by atoms with Crippen LogP contribution < -0.4 is 10.6 Å². The molecule has 0 saturated carbocycles. The molecule has 0 spiro atoms. The van der Waals surface area contributed by atoms with Gasteiger partial charge < -0.3 is 10.6 Å². The molecule has 26 heavy (non-hydrogen) atoms. The van der Waals surface area contributed by atoms with Crippen molar-refractivity contribution in [2.75, 3.05) is 32.7 Å². The third kappa shape index (κ3) is 4.74. The minimum atomic E-state index is -4.37. The molecule has 1 amide bonds. The van der Waals surface area contributed by atoms with Gasteiger partial charge in [0.25, 0.3) is 0 Å². The number of hydrogen-bond donors (Lipinski definition) is 2. The summed E-state index contributed by atoms with van der Waals surface area (Å²) in [4.78, 5) is 13.5. The summed E-state index contributed by atoms with van der Waals surface area (Å²) in [7, 11) is 0. The summed E-state index contributed by atoms with van der Waals surface area (Å²) in [5.74, 6) is -0.398. The minimum Gasteiger partial charge on any atom is -0.354 e. The number of carbonyl (C=O) groups is 1. The van der Waals surface area contributed by atoms with Gasteiger partial charge in [-0.3, -0.25) is 9.69 Å². The van der Waals surface area contributed by atoms with E-state index in [9.17, 15) is 18.0 Å². The lowest BCUT2D eigenvalue weighted by atomic mass is 10.0. The van der Waals surface area contributed by atoms with E-state index in [1.54, 1.807) is 0 Å². The van der Waals surface area contributed by atoms with E-state index in [-0.39, 0.29) is 6.42 Å². The van der Waals surface area contributed by atoms with E-state index in [4.69, 9.17) is 0 Å². The van der Waals surface area contributed by atoms with Gasteiger partial charge in [-0.1, -0.05) is 42.5 Å². The molecule has 0 bridgehead atoms. The van der Waals surface area contributed by atoms with Crippen molar-refractivity contribution < 1.29 is 18.0 Å². The number of benzene rings is 2. The Bertz CT molecular complexity index is 757. The van der Waals surface area contributed by atoms with E-state index in [2.05, 4.69) is 10.6 Å². The molecular weight excluding hydrogens is 343 g/mol. The molecule has 1 aliphatic rings. The van der Waals surface area contributed by atoms with Gasteiger partial charge in [0.1, 0.15) is 6.04 Å². The van der Waals surface area contributed by atoms with Crippen LogP contribution in [0.15, 0.2) is 42.5 Å². The molecular formula is C19H22F3N3O. The van der Waals surface area contributed by atoms with Gasteiger partial charge in [-0.2, -0.15) is 13.2 Å². The molecule has 2 aromatic carbocycles. The maximum Gasteiger partial charge on any atom is 0.405 e. The number of rotatable bonds is 5. The molecule has 2 N–H and O–H groups in total. The van der Waals surface area contributed by atoms with E-state index in [0.717, 1.165) is 16.3 Å². The quantitative estimate of drug-likeness (QED) is 0.855. The molecule has 4 nitrogen and oxygen atoms in total. The van der Waals surface area contributed by atoms with Gasteiger partial charge in [-0.15, -0.1) is 0 Å². The number of hydrogen-bond acceptors (Lipinski definition) is 3. The average molecular weight is 365 g/mol. The monoisotopic (exact) mass is 365 g/mol. The Hall–Kier alpha value is -2.12. The fourth-order valence-electron chi connectivity index (χ4n) is 3.25. The number of piperazine rings is 1. The molecule has 0 aromatic heterocycles. The number of nitrogens with zero attached hydrogens (tertiary/aromatic N) is 1. The van der Waals surface area contributed by atoms with Gasteiger partial charge in [0, 0.05) is 32.7 Å². The number of alkyl halides is 3. The third-order valence-corrected chi connectivity index (χ3v) is 4.64. The van der Waals surface area contributed by atoms with E-state index in [0.29, 0.717) is 26.2 Å². The highest BCUT2D eigenvalue weighted by molar-refractivity contribution is 5.85. The predicted molar refractivity (Wildman–Crippen MR) is 94.9 cm³/mol. The van der Waals surface area contributed by atoms with E-state index in [1.165, 1.54) is 4.90 Å². The van der Waals surface area contributed by atoms with Crippen molar-refractivity contribution in [3.63, 3.8) is 0 Å². The Labute approximate surface area is 150 Å². The maximum atomic E-state index is 13.3. The summed E-state index contributed by atoms with van der Waals surface area (Å²) in [6, 6.07) is 11.8. The predicted octanol–water partition coefficient (Wildman–Crippen LogP) is 2.33. The van der Waals surface area contributed by atoms with E-state index < -0.39 is 24.7 Å². The van der Waals surface area contributed by atoms with Crippen LogP contribution in [0.4, 0.5) is 13.2 Å². The second-order valence-electron chi connectivity index (χ2n) is 6.51. The van der Waals surface area contributed by atoms with Gasteiger partial charge in [-0.25, -0.2) is 0 Å². The zero-order valence-electron chi connectivity index (χ0n) is 14.4. The van der Waals surface area contributed by atoms with Crippen LogP contribution in [-0.4, -0.2) is 55.7 Å². The van der Waals surface area contributed by atoms with Gasteiger partial charge in [0.15, 0.2) is 0 Å². The molecule has 3 rings (SSSR count). The van der Waals surface area contributed by atoms with E-state index >= 15 is 0 Å². The highest BCUT2D eigenvalue weighted by Crippen LogP contribution is 2.25. The number of fused-ring (bicyclic) bond motifs is 1. The standard InChI is InChI=1S/C19H22F3N3O/c20-19(21,22)17(25-9-7-23-8-10-25)13-24-18(26)12-14-5-6-15-3-1-2-4-16(15)11-14/h1-6,11,17,23H,7-10,12-13H2,(H,24,26). The highest BCUT2D eigenvalue weighted by Gasteiger charge is 2.43. The molecule has 1 fully saturated rings. The molecule has 2 aromatic rings. The fourth-order valence-corrected chi connectivity index (χ4v) is 3.25. The molecule has 0 radical (unpaired) electrons. The van der Waals surface area contributed by atoms with Crippen LogP contribution in [0.3, 0.4) is 0 Å². The molecule has 1 aliphatic heterocycles. The lowest BCUT2D eigenvalue weighted by Gasteiger charge is -2.35. The molecule has 140 valence electrons. The smallest absolute Gasteiger partial charge is 0.354 e. The molecule has 1 unspecified atom stereocenters. The number of nitrogens with one attached hydrogen (secondary N) is 2. The zero-order valence-corrected chi connectivity index (χ0v) is 14.4. The largest absolute Gasteiger partial charge is 0.405 e. The second-order valence-corrected chi connectivity index (χ2v) is 6.51. The molecule has 1 atom stereocenters. The fraction of sp³-hybridized carbons (Fsp3) is 0.421. The van der Waals surface area contributed by atoms with Crippen LogP contribution in [0, 0.1) is 0 Å². The van der Waals surface area contributed by atoms with Crippen LogP contribution in [-0.2, 0) is 11.2 Å². The first-order valence-electron chi connectivity index (χ1n) is 8.69. The topological polar surface area (TPSA) is 44.4 Å². The molecule has 1 saturated heterocycles. The third-order valence-electron chi connectivity index (χ3n) is 4.64. The van der Waals surface area contributed by atoms with E-state index in [1.807, 2.05) is 42.5 Å².